The van der Waals surface area contributed by atoms with Gasteiger partial charge >= 0.3 is 0 Å². The number of aromatic nitrogens is 5. The average molecular weight is 317 g/mol. The molecule has 1 aliphatic rings. The Hall–Kier alpha value is -2.06. The Kier molecular flexibility index (Phi) is 5.14. The van der Waals surface area contributed by atoms with Crippen molar-refractivity contribution in [2.45, 2.75) is 32.9 Å². The van der Waals surface area contributed by atoms with Gasteiger partial charge in [0.2, 0.25) is 0 Å². The molecule has 124 valence electrons. The fourth-order valence-corrected chi connectivity index (χ4v) is 2.77. The SMILES string of the molecule is COCCn1cnnc1CCNc1nc(C)nc2c1CCNC2. The van der Waals surface area contributed by atoms with E-state index >= 15 is 0 Å². The van der Waals surface area contributed by atoms with E-state index in [0.717, 1.165) is 62.2 Å². The van der Waals surface area contributed by atoms with Crippen molar-refractivity contribution in [1.82, 2.24) is 30.0 Å². The number of hydrogen-bond donors (Lipinski definition) is 2. The summed E-state index contributed by atoms with van der Waals surface area (Å²) in [7, 11) is 1.70. The number of anilines is 1. The summed E-state index contributed by atoms with van der Waals surface area (Å²) in [6, 6.07) is 0. The van der Waals surface area contributed by atoms with Gasteiger partial charge in [0.05, 0.1) is 12.3 Å². The number of nitrogens with zero attached hydrogens (tertiary/aromatic N) is 5. The smallest absolute Gasteiger partial charge is 0.134 e. The zero-order valence-corrected chi connectivity index (χ0v) is 13.7. The van der Waals surface area contributed by atoms with Crippen molar-refractivity contribution < 1.29 is 4.74 Å². The van der Waals surface area contributed by atoms with E-state index in [9.17, 15) is 0 Å². The van der Waals surface area contributed by atoms with Crippen LogP contribution in [0.3, 0.4) is 0 Å². The topological polar surface area (TPSA) is 89.8 Å². The number of hydrogen-bond acceptors (Lipinski definition) is 7. The van der Waals surface area contributed by atoms with E-state index in [4.69, 9.17) is 4.74 Å². The van der Waals surface area contributed by atoms with Crippen molar-refractivity contribution in [1.29, 1.82) is 0 Å². The van der Waals surface area contributed by atoms with Gasteiger partial charge < -0.3 is 19.9 Å². The molecule has 0 bridgehead atoms. The quantitative estimate of drug-likeness (QED) is 0.760. The van der Waals surface area contributed by atoms with Crippen LogP contribution in [-0.2, 0) is 30.7 Å². The molecule has 23 heavy (non-hydrogen) atoms. The van der Waals surface area contributed by atoms with Crippen molar-refractivity contribution >= 4 is 5.82 Å². The molecule has 0 saturated heterocycles. The molecule has 0 spiro atoms. The molecule has 2 aromatic rings. The summed E-state index contributed by atoms with van der Waals surface area (Å²) in [6.07, 6.45) is 3.50. The Morgan fingerprint density at radius 1 is 1.39 bits per heavy atom. The zero-order chi connectivity index (χ0) is 16.1. The zero-order valence-electron chi connectivity index (χ0n) is 13.7. The minimum Gasteiger partial charge on any atom is -0.383 e. The molecule has 8 heteroatoms. The molecule has 0 saturated carbocycles. The molecule has 3 rings (SSSR count). The summed E-state index contributed by atoms with van der Waals surface area (Å²) in [5.74, 6) is 2.71. The van der Waals surface area contributed by atoms with Crippen LogP contribution < -0.4 is 10.6 Å². The van der Waals surface area contributed by atoms with Gasteiger partial charge in [-0.05, 0) is 19.9 Å². The Labute approximate surface area is 135 Å². The van der Waals surface area contributed by atoms with E-state index in [1.54, 1.807) is 13.4 Å². The van der Waals surface area contributed by atoms with Crippen molar-refractivity contribution in [3.05, 3.63) is 29.2 Å². The summed E-state index contributed by atoms with van der Waals surface area (Å²) >= 11 is 0. The van der Waals surface area contributed by atoms with Gasteiger partial charge in [0.15, 0.2) is 0 Å². The monoisotopic (exact) mass is 317 g/mol. The summed E-state index contributed by atoms with van der Waals surface area (Å²) in [5, 5.41) is 15.0. The second kappa shape index (κ2) is 7.47. The third-order valence-corrected chi connectivity index (χ3v) is 3.92. The predicted molar refractivity (Wildman–Crippen MR) is 86.3 cm³/mol. The molecular formula is C15H23N7O. The van der Waals surface area contributed by atoms with Crippen LogP contribution >= 0.6 is 0 Å². The maximum atomic E-state index is 5.10. The lowest BCUT2D eigenvalue weighted by Crippen LogP contribution is -2.27. The normalized spacial score (nSPS) is 13.8. The summed E-state index contributed by atoms with van der Waals surface area (Å²) in [4.78, 5) is 9.09. The molecular weight excluding hydrogens is 294 g/mol. The molecule has 8 nitrogen and oxygen atoms in total. The molecule has 2 N–H and O–H groups in total. The number of methoxy groups -OCH3 is 1. The van der Waals surface area contributed by atoms with Crippen molar-refractivity contribution in [2.24, 2.45) is 0 Å². The highest BCUT2D eigenvalue weighted by molar-refractivity contribution is 5.47. The van der Waals surface area contributed by atoms with Crippen molar-refractivity contribution in [3.8, 4) is 0 Å². The first-order valence-corrected chi connectivity index (χ1v) is 7.94. The molecule has 0 atom stereocenters. The van der Waals surface area contributed by atoms with Gasteiger partial charge in [0, 0.05) is 38.7 Å². The molecule has 0 fully saturated rings. The molecule has 0 aliphatic carbocycles. The Morgan fingerprint density at radius 2 is 2.30 bits per heavy atom. The predicted octanol–water partition coefficient (Wildman–Crippen LogP) is 0.323. The molecule has 0 aromatic carbocycles. The number of rotatable bonds is 7. The summed E-state index contributed by atoms with van der Waals surface area (Å²) in [6.45, 7) is 5.91. The van der Waals surface area contributed by atoms with Gasteiger partial charge in [0.1, 0.15) is 23.8 Å². The van der Waals surface area contributed by atoms with Gasteiger partial charge in [-0.1, -0.05) is 0 Å². The average Bonchev–Trinajstić information content (AvgIpc) is 3.00. The fourth-order valence-electron chi connectivity index (χ4n) is 2.77. The second-order valence-electron chi connectivity index (χ2n) is 5.58. The highest BCUT2D eigenvalue weighted by Crippen LogP contribution is 2.20. The highest BCUT2D eigenvalue weighted by atomic mass is 16.5. The molecule has 1 aliphatic heterocycles. The van der Waals surface area contributed by atoms with Crippen molar-refractivity contribution in [2.75, 3.05) is 32.1 Å². The lowest BCUT2D eigenvalue weighted by molar-refractivity contribution is 0.186. The highest BCUT2D eigenvalue weighted by Gasteiger charge is 2.16. The number of aryl methyl sites for hydroxylation is 1. The third kappa shape index (κ3) is 3.83. The maximum Gasteiger partial charge on any atom is 0.134 e. The van der Waals surface area contributed by atoms with Crippen LogP contribution in [0.25, 0.3) is 0 Å². The maximum absolute atomic E-state index is 5.10. The van der Waals surface area contributed by atoms with Crippen LogP contribution in [0.5, 0.6) is 0 Å². The van der Waals surface area contributed by atoms with E-state index < -0.39 is 0 Å². The lowest BCUT2D eigenvalue weighted by atomic mass is 10.1. The second-order valence-corrected chi connectivity index (χ2v) is 5.58. The largest absolute Gasteiger partial charge is 0.383 e. The van der Waals surface area contributed by atoms with E-state index in [2.05, 4.69) is 30.8 Å². The van der Waals surface area contributed by atoms with Crippen LogP contribution in [0.2, 0.25) is 0 Å². The van der Waals surface area contributed by atoms with Gasteiger partial charge in [-0.2, -0.15) is 0 Å². The van der Waals surface area contributed by atoms with Crippen LogP contribution in [0.4, 0.5) is 5.82 Å². The first-order chi connectivity index (χ1) is 11.3. The van der Waals surface area contributed by atoms with Crippen LogP contribution in [0.15, 0.2) is 6.33 Å². The summed E-state index contributed by atoms with van der Waals surface area (Å²) < 4.78 is 7.13. The van der Waals surface area contributed by atoms with Gasteiger partial charge in [-0.3, -0.25) is 0 Å². The van der Waals surface area contributed by atoms with Gasteiger partial charge in [-0.25, -0.2) is 9.97 Å². The number of ether oxygens (including phenoxy) is 1. The number of nitrogens with one attached hydrogen (secondary N) is 2. The Morgan fingerprint density at radius 3 is 3.17 bits per heavy atom. The summed E-state index contributed by atoms with van der Waals surface area (Å²) in [5.41, 5.74) is 2.34. The Balaban J connectivity index is 1.63. The van der Waals surface area contributed by atoms with E-state index in [1.165, 1.54) is 5.56 Å². The molecule has 0 radical (unpaired) electrons. The fraction of sp³-hybridized carbons (Fsp3) is 0.600. The van der Waals surface area contributed by atoms with Crippen molar-refractivity contribution in [3.63, 3.8) is 0 Å². The first-order valence-electron chi connectivity index (χ1n) is 7.94. The van der Waals surface area contributed by atoms with E-state index in [-0.39, 0.29) is 0 Å². The first kappa shape index (κ1) is 15.8. The number of fused-ring (bicyclic) bond motifs is 1. The van der Waals surface area contributed by atoms with Gasteiger partial charge in [-0.15, -0.1) is 10.2 Å². The molecule has 0 unspecified atom stereocenters. The molecule has 3 heterocycles. The van der Waals surface area contributed by atoms with Crippen LogP contribution in [-0.4, -0.2) is 51.5 Å². The third-order valence-electron chi connectivity index (χ3n) is 3.92. The van der Waals surface area contributed by atoms with Gasteiger partial charge in [0.25, 0.3) is 0 Å². The van der Waals surface area contributed by atoms with Crippen LogP contribution in [0.1, 0.15) is 22.9 Å². The standard InChI is InChI=1S/C15H23N7O/c1-11-19-13-9-16-5-3-12(13)15(20-11)17-6-4-14-21-18-10-22(14)7-8-23-2/h10,16H,3-9H2,1-2H3,(H,17,19,20). The van der Waals surface area contributed by atoms with E-state index in [1.807, 2.05) is 11.5 Å². The molecule has 2 aromatic heterocycles. The minimum absolute atomic E-state index is 0.657. The van der Waals surface area contributed by atoms with E-state index in [0.29, 0.717) is 6.61 Å². The Bertz CT molecular complexity index is 655. The molecule has 0 amide bonds. The minimum atomic E-state index is 0.657. The van der Waals surface area contributed by atoms with Crippen LogP contribution in [0, 0.1) is 6.92 Å². The lowest BCUT2D eigenvalue weighted by Gasteiger charge is -2.20.